The maximum absolute atomic E-state index is 12.1. The number of hydrogen-bond donors (Lipinski definition) is 1. The summed E-state index contributed by atoms with van der Waals surface area (Å²) < 4.78 is 5.57. The van der Waals surface area contributed by atoms with Gasteiger partial charge in [0.1, 0.15) is 11.8 Å². The van der Waals surface area contributed by atoms with Gasteiger partial charge in [-0.3, -0.25) is 4.79 Å². The molecule has 0 bridgehead atoms. The van der Waals surface area contributed by atoms with Gasteiger partial charge in [-0.15, -0.1) is 0 Å². The predicted molar refractivity (Wildman–Crippen MR) is 76.1 cm³/mol. The molecule has 1 amide bonds. The first-order chi connectivity index (χ1) is 9.23. The van der Waals surface area contributed by atoms with E-state index in [2.05, 4.69) is 0 Å². The zero-order valence-corrected chi connectivity index (χ0v) is 12.6. The fourth-order valence-electron chi connectivity index (χ4n) is 1.63. The quantitative estimate of drug-likeness (QED) is 0.906. The van der Waals surface area contributed by atoms with E-state index in [1.54, 1.807) is 25.1 Å². The first kappa shape index (κ1) is 16.3. The van der Waals surface area contributed by atoms with E-state index in [0.29, 0.717) is 10.8 Å². The molecule has 1 aromatic rings. The van der Waals surface area contributed by atoms with Crippen LogP contribution in [0.15, 0.2) is 18.2 Å². The van der Waals surface area contributed by atoms with Gasteiger partial charge >= 0.3 is 5.97 Å². The second kappa shape index (κ2) is 6.61. The van der Waals surface area contributed by atoms with Crippen LogP contribution in [-0.2, 0) is 9.59 Å². The highest BCUT2D eigenvalue weighted by atomic mass is 35.5. The highest BCUT2D eigenvalue weighted by molar-refractivity contribution is 6.30. The molecule has 2 atom stereocenters. The van der Waals surface area contributed by atoms with E-state index in [0.717, 1.165) is 10.5 Å². The molecule has 0 aliphatic carbocycles. The molecule has 110 valence electrons. The normalized spacial score (nSPS) is 13.4. The van der Waals surface area contributed by atoms with Crippen LogP contribution in [0.25, 0.3) is 0 Å². The fourth-order valence-corrected chi connectivity index (χ4v) is 1.86. The summed E-state index contributed by atoms with van der Waals surface area (Å²) in [6.45, 7) is 4.85. The lowest BCUT2D eigenvalue weighted by Gasteiger charge is -2.25. The number of ether oxygens (including phenoxy) is 1. The van der Waals surface area contributed by atoms with Gasteiger partial charge in [0.05, 0.1) is 0 Å². The largest absolute Gasteiger partial charge is 0.481 e. The van der Waals surface area contributed by atoms with E-state index in [9.17, 15) is 9.59 Å². The lowest BCUT2D eigenvalue weighted by molar-refractivity contribution is -0.150. The zero-order valence-electron chi connectivity index (χ0n) is 11.9. The van der Waals surface area contributed by atoms with Gasteiger partial charge in [0, 0.05) is 12.1 Å². The summed E-state index contributed by atoms with van der Waals surface area (Å²) in [5.41, 5.74) is 0.811. The molecule has 0 radical (unpaired) electrons. The number of carboxylic acids is 1. The average Bonchev–Trinajstić information content (AvgIpc) is 2.39. The number of halogens is 1. The molecule has 0 spiro atoms. The maximum Gasteiger partial charge on any atom is 0.326 e. The average molecular weight is 300 g/mol. The van der Waals surface area contributed by atoms with Crippen molar-refractivity contribution in [1.82, 2.24) is 4.90 Å². The molecular formula is C14H18ClNO4. The number of carbonyl (C=O) groups is 2. The first-order valence-electron chi connectivity index (χ1n) is 6.16. The van der Waals surface area contributed by atoms with Crippen molar-refractivity contribution in [2.75, 3.05) is 7.05 Å². The Kier molecular flexibility index (Phi) is 5.39. The van der Waals surface area contributed by atoms with Crippen LogP contribution in [0.5, 0.6) is 5.75 Å². The van der Waals surface area contributed by atoms with Gasteiger partial charge in [0.15, 0.2) is 6.10 Å². The van der Waals surface area contributed by atoms with Crippen LogP contribution in [0.1, 0.15) is 19.4 Å². The van der Waals surface area contributed by atoms with Crippen LogP contribution in [0, 0.1) is 6.92 Å². The summed E-state index contributed by atoms with van der Waals surface area (Å²) in [5, 5.41) is 9.49. The zero-order chi connectivity index (χ0) is 15.4. The number of carbonyl (C=O) groups excluding carboxylic acids is 1. The predicted octanol–water partition coefficient (Wildman–Crippen LogP) is 2.35. The number of rotatable bonds is 5. The Bertz CT molecular complexity index is 518. The standard InChI is InChI=1S/C14H18ClNO4/c1-8-7-11(15)5-6-12(8)20-10(3)13(17)16(4)9(2)14(18)19/h5-7,9-10H,1-4H3,(H,18,19). The van der Waals surface area contributed by atoms with Crippen LogP contribution in [0.3, 0.4) is 0 Å². The second-order valence-electron chi connectivity index (χ2n) is 4.63. The summed E-state index contributed by atoms with van der Waals surface area (Å²) in [5.74, 6) is -0.906. The third-order valence-electron chi connectivity index (χ3n) is 3.07. The summed E-state index contributed by atoms with van der Waals surface area (Å²) in [6.07, 6.45) is -0.776. The monoisotopic (exact) mass is 299 g/mol. The van der Waals surface area contributed by atoms with E-state index in [1.807, 2.05) is 6.92 Å². The summed E-state index contributed by atoms with van der Waals surface area (Å²) in [6, 6.07) is 4.18. The van der Waals surface area contributed by atoms with Crippen molar-refractivity contribution in [1.29, 1.82) is 0 Å². The minimum atomic E-state index is -1.06. The summed E-state index contributed by atoms with van der Waals surface area (Å²) in [4.78, 5) is 24.1. The van der Waals surface area contributed by atoms with Crippen molar-refractivity contribution in [2.45, 2.75) is 32.9 Å². The number of aliphatic carboxylic acids is 1. The highest BCUT2D eigenvalue weighted by Gasteiger charge is 2.26. The third-order valence-corrected chi connectivity index (χ3v) is 3.31. The van der Waals surface area contributed by atoms with E-state index >= 15 is 0 Å². The van der Waals surface area contributed by atoms with Gasteiger partial charge in [-0.25, -0.2) is 4.79 Å². The Balaban J connectivity index is 2.77. The van der Waals surface area contributed by atoms with Crippen molar-refractivity contribution < 1.29 is 19.4 Å². The molecule has 20 heavy (non-hydrogen) atoms. The minimum Gasteiger partial charge on any atom is -0.481 e. The Morgan fingerprint density at radius 2 is 1.95 bits per heavy atom. The molecule has 0 aliphatic rings. The van der Waals surface area contributed by atoms with Gasteiger partial charge in [-0.05, 0) is 44.5 Å². The van der Waals surface area contributed by atoms with Gasteiger partial charge in [0.2, 0.25) is 0 Å². The number of benzene rings is 1. The number of aryl methyl sites for hydroxylation is 1. The molecule has 0 saturated carbocycles. The molecule has 0 heterocycles. The van der Waals surface area contributed by atoms with Crippen molar-refractivity contribution in [3.05, 3.63) is 28.8 Å². The molecule has 0 fully saturated rings. The Labute approximate surface area is 123 Å². The lowest BCUT2D eigenvalue weighted by atomic mass is 10.2. The third kappa shape index (κ3) is 3.87. The number of amides is 1. The van der Waals surface area contributed by atoms with Crippen LogP contribution in [0.4, 0.5) is 0 Å². The van der Waals surface area contributed by atoms with Crippen LogP contribution < -0.4 is 4.74 Å². The van der Waals surface area contributed by atoms with Crippen molar-refractivity contribution in [2.24, 2.45) is 0 Å². The molecule has 0 saturated heterocycles. The summed E-state index contributed by atoms with van der Waals surface area (Å²) >= 11 is 5.85. The second-order valence-corrected chi connectivity index (χ2v) is 5.07. The van der Waals surface area contributed by atoms with E-state index in [-0.39, 0.29) is 0 Å². The molecule has 1 N–H and O–H groups in total. The fraction of sp³-hybridized carbons (Fsp3) is 0.429. The Morgan fingerprint density at radius 1 is 1.35 bits per heavy atom. The van der Waals surface area contributed by atoms with Gasteiger partial charge < -0.3 is 14.7 Å². The summed E-state index contributed by atoms with van der Waals surface area (Å²) in [7, 11) is 1.44. The van der Waals surface area contributed by atoms with E-state index in [4.69, 9.17) is 21.4 Å². The van der Waals surface area contributed by atoms with E-state index < -0.39 is 24.0 Å². The molecule has 1 aromatic carbocycles. The maximum atomic E-state index is 12.1. The topological polar surface area (TPSA) is 66.8 Å². The lowest BCUT2D eigenvalue weighted by Crippen LogP contribution is -2.46. The van der Waals surface area contributed by atoms with Gasteiger partial charge in [0.25, 0.3) is 5.91 Å². The van der Waals surface area contributed by atoms with E-state index in [1.165, 1.54) is 14.0 Å². The van der Waals surface area contributed by atoms with Crippen LogP contribution in [0.2, 0.25) is 5.02 Å². The van der Waals surface area contributed by atoms with Crippen molar-refractivity contribution in [3.63, 3.8) is 0 Å². The van der Waals surface area contributed by atoms with Crippen LogP contribution in [-0.4, -0.2) is 41.1 Å². The number of likely N-dealkylation sites (N-methyl/N-ethyl adjacent to an activating group) is 1. The molecule has 0 aromatic heterocycles. The Morgan fingerprint density at radius 3 is 2.45 bits per heavy atom. The van der Waals surface area contributed by atoms with Gasteiger partial charge in [-0.1, -0.05) is 11.6 Å². The molecule has 6 heteroatoms. The molecule has 1 rings (SSSR count). The number of carboxylic acid groups (broad SMARTS) is 1. The van der Waals surface area contributed by atoms with Crippen LogP contribution >= 0.6 is 11.6 Å². The molecular weight excluding hydrogens is 282 g/mol. The molecule has 0 aliphatic heterocycles. The highest BCUT2D eigenvalue weighted by Crippen LogP contribution is 2.23. The first-order valence-corrected chi connectivity index (χ1v) is 6.54. The smallest absolute Gasteiger partial charge is 0.326 e. The Hall–Kier alpha value is -1.75. The van der Waals surface area contributed by atoms with Gasteiger partial charge in [-0.2, -0.15) is 0 Å². The van der Waals surface area contributed by atoms with Crippen molar-refractivity contribution in [3.8, 4) is 5.75 Å². The number of nitrogens with zero attached hydrogens (tertiary/aromatic N) is 1. The molecule has 2 unspecified atom stereocenters. The molecule has 5 nitrogen and oxygen atoms in total. The SMILES string of the molecule is Cc1cc(Cl)ccc1OC(C)C(=O)N(C)C(C)C(=O)O. The number of hydrogen-bond acceptors (Lipinski definition) is 3. The minimum absolute atomic E-state index is 0.394. The van der Waals surface area contributed by atoms with Crippen molar-refractivity contribution >= 4 is 23.5 Å².